The summed E-state index contributed by atoms with van der Waals surface area (Å²) in [5, 5.41) is 0.0716. The Morgan fingerprint density at radius 2 is 1.61 bits per heavy atom. The van der Waals surface area contributed by atoms with Crippen molar-refractivity contribution in [1.82, 2.24) is 4.57 Å². The molecule has 5 rings (SSSR count). The molecule has 0 radical (unpaired) electrons. The minimum Gasteiger partial charge on any atom is -0.312 e. The first-order chi connectivity index (χ1) is 15.8. The number of halogens is 1. The maximum atomic E-state index is 13.7. The van der Waals surface area contributed by atoms with Gasteiger partial charge in [0.25, 0.3) is 0 Å². The number of ketones is 1. The molecular weight excluding hydrogens is 429 g/mol. The van der Waals surface area contributed by atoms with Crippen LogP contribution in [0.15, 0.2) is 89.8 Å². The van der Waals surface area contributed by atoms with Gasteiger partial charge in [-0.3, -0.25) is 4.79 Å². The second kappa shape index (κ2) is 8.35. The maximum absolute atomic E-state index is 13.7. The summed E-state index contributed by atoms with van der Waals surface area (Å²) in [6, 6.07) is 27.2. The lowest BCUT2D eigenvalue weighted by Gasteiger charge is -2.38. The Kier molecular flexibility index (Phi) is 5.49. The highest BCUT2D eigenvalue weighted by Crippen LogP contribution is 2.55. The van der Waals surface area contributed by atoms with Gasteiger partial charge in [0.15, 0.2) is 5.78 Å². The highest BCUT2D eigenvalue weighted by Gasteiger charge is 2.43. The fourth-order valence-electron chi connectivity index (χ4n) is 4.64. The van der Waals surface area contributed by atoms with E-state index in [4.69, 9.17) is 0 Å². The van der Waals surface area contributed by atoms with Crippen molar-refractivity contribution in [3.63, 3.8) is 0 Å². The predicted octanol–water partition coefficient (Wildman–Crippen LogP) is 8.04. The van der Waals surface area contributed by atoms with Crippen molar-refractivity contribution in [2.75, 3.05) is 0 Å². The molecule has 3 aromatic carbocycles. The average Bonchev–Trinajstić information content (AvgIpc) is 3.19. The molecule has 1 heterocycles. The van der Waals surface area contributed by atoms with Crippen molar-refractivity contribution >= 4 is 17.5 Å². The fourth-order valence-corrected chi connectivity index (χ4v) is 5.95. The second-order valence-electron chi connectivity index (χ2n) is 9.41. The number of fused-ring (bicyclic) bond motifs is 1. The zero-order chi connectivity index (χ0) is 23.2. The van der Waals surface area contributed by atoms with Gasteiger partial charge in [-0.25, -0.2) is 4.39 Å². The van der Waals surface area contributed by atoms with Crippen LogP contribution < -0.4 is 0 Å². The van der Waals surface area contributed by atoms with Gasteiger partial charge >= 0.3 is 0 Å². The summed E-state index contributed by atoms with van der Waals surface area (Å²) < 4.78 is 15.9. The molecule has 1 atom stereocenters. The first-order valence-corrected chi connectivity index (χ1v) is 12.0. The van der Waals surface area contributed by atoms with Crippen LogP contribution in [0.2, 0.25) is 0 Å². The number of benzene rings is 3. The lowest BCUT2D eigenvalue weighted by Crippen LogP contribution is -2.31. The molecule has 33 heavy (non-hydrogen) atoms. The van der Waals surface area contributed by atoms with Crippen LogP contribution in [-0.2, 0) is 0 Å². The van der Waals surface area contributed by atoms with Crippen LogP contribution in [0.3, 0.4) is 0 Å². The van der Waals surface area contributed by atoms with Crippen LogP contribution >= 0.6 is 11.8 Å². The smallest absolute Gasteiger partial charge is 0.165 e. The van der Waals surface area contributed by atoms with Gasteiger partial charge < -0.3 is 4.57 Å². The Bertz CT molecular complexity index is 1300. The molecule has 1 aromatic heterocycles. The molecule has 1 aliphatic rings. The minimum atomic E-state index is -0.272. The van der Waals surface area contributed by atoms with E-state index in [9.17, 15) is 9.18 Å². The summed E-state index contributed by atoms with van der Waals surface area (Å²) in [7, 11) is 0. The summed E-state index contributed by atoms with van der Waals surface area (Å²) in [6.07, 6.45) is 0.491. The molecule has 0 N–H and O–H groups in total. The fraction of sp³-hybridized carbons (Fsp3) is 0.207. The van der Waals surface area contributed by atoms with Gasteiger partial charge in [-0.1, -0.05) is 49.7 Å². The van der Waals surface area contributed by atoms with Crippen molar-refractivity contribution in [3.8, 4) is 16.9 Å². The van der Waals surface area contributed by atoms with Crippen molar-refractivity contribution in [2.24, 2.45) is 5.41 Å². The second-order valence-corrected chi connectivity index (χ2v) is 10.6. The molecule has 0 saturated carbocycles. The number of para-hydroxylation sites is 1. The van der Waals surface area contributed by atoms with E-state index in [1.165, 1.54) is 22.6 Å². The number of carbonyl (C=O) groups is 1. The van der Waals surface area contributed by atoms with Crippen LogP contribution in [0.5, 0.6) is 0 Å². The topological polar surface area (TPSA) is 22.0 Å². The third-order valence-corrected chi connectivity index (χ3v) is 7.98. The molecule has 0 spiro atoms. The molecular formula is C29H26FNOS. The van der Waals surface area contributed by atoms with Crippen LogP contribution in [-0.4, -0.2) is 10.4 Å². The third kappa shape index (κ3) is 4.04. The third-order valence-electron chi connectivity index (χ3n) is 6.34. The van der Waals surface area contributed by atoms with Crippen molar-refractivity contribution in [1.29, 1.82) is 0 Å². The summed E-state index contributed by atoms with van der Waals surface area (Å²) in [4.78, 5) is 14.5. The summed E-state index contributed by atoms with van der Waals surface area (Å²) in [5.41, 5.74) is 5.58. The largest absolute Gasteiger partial charge is 0.312 e. The van der Waals surface area contributed by atoms with Gasteiger partial charge in [0.05, 0.1) is 10.9 Å². The molecule has 0 fully saturated rings. The monoisotopic (exact) mass is 455 g/mol. The van der Waals surface area contributed by atoms with Gasteiger partial charge in [-0.15, -0.1) is 11.8 Å². The van der Waals surface area contributed by atoms with Gasteiger partial charge in [0, 0.05) is 28.3 Å². The Balaban J connectivity index is 1.75. The van der Waals surface area contributed by atoms with Crippen molar-refractivity contribution in [3.05, 3.63) is 108 Å². The van der Waals surface area contributed by atoms with E-state index in [1.807, 2.05) is 36.0 Å². The lowest BCUT2D eigenvalue weighted by atomic mass is 9.75. The number of carbonyl (C=O) groups excluding carboxylic acids is 1. The van der Waals surface area contributed by atoms with Crippen LogP contribution in [0.25, 0.3) is 16.9 Å². The molecule has 0 aliphatic heterocycles. The number of aromatic nitrogens is 1. The molecule has 0 bridgehead atoms. The number of rotatable bonds is 4. The van der Waals surface area contributed by atoms with Gasteiger partial charge in [-0.2, -0.15) is 0 Å². The Morgan fingerprint density at radius 3 is 2.27 bits per heavy atom. The van der Waals surface area contributed by atoms with Crippen molar-refractivity contribution < 1.29 is 9.18 Å². The molecule has 4 heteroatoms. The SMILES string of the molecule is Cc1ccc(SC2c3c(cc(-c4ccc(F)cc4)n3-c3ccccc3)C(=O)CC2(C)C)cc1. The lowest BCUT2D eigenvalue weighted by molar-refractivity contribution is 0.0908. The summed E-state index contributed by atoms with van der Waals surface area (Å²) in [5.74, 6) is -0.111. The molecule has 1 aliphatic carbocycles. The van der Waals surface area contributed by atoms with E-state index in [2.05, 4.69) is 61.7 Å². The Labute approximate surface area is 198 Å². The zero-order valence-electron chi connectivity index (χ0n) is 19.0. The number of aryl methyl sites for hydroxylation is 1. The first-order valence-electron chi connectivity index (χ1n) is 11.2. The quantitative estimate of drug-likeness (QED) is 0.311. The molecule has 166 valence electrons. The van der Waals surface area contributed by atoms with E-state index in [1.54, 1.807) is 12.1 Å². The minimum absolute atomic E-state index is 0.0716. The van der Waals surface area contributed by atoms with E-state index in [-0.39, 0.29) is 22.3 Å². The number of nitrogens with zero attached hydrogens (tertiary/aromatic N) is 1. The van der Waals surface area contributed by atoms with E-state index in [0.29, 0.717) is 6.42 Å². The van der Waals surface area contributed by atoms with E-state index < -0.39 is 0 Å². The normalized spacial score (nSPS) is 17.1. The summed E-state index contributed by atoms with van der Waals surface area (Å²) >= 11 is 1.81. The van der Waals surface area contributed by atoms with E-state index in [0.717, 1.165) is 28.2 Å². The Hall–Kier alpha value is -3.11. The predicted molar refractivity (Wildman–Crippen MR) is 134 cm³/mol. The zero-order valence-corrected chi connectivity index (χ0v) is 19.8. The van der Waals surface area contributed by atoms with Gasteiger partial charge in [0.2, 0.25) is 0 Å². The average molecular weight is 456 g/mol. The molecule has 0 amide bonds. The Morgan fingerprint density at radius 1 is 0.939 bits per heavy atom. The number of hydrogen-bond acceptors (Lipinski definition) is 2. The summed E-state index contributed by atoms with van der Waals surface area (Å²) in [6.45, 7) is 6.45. The van der Waals surface area contributed by atoms with Gasteiger partial charge in [0.1, 0.15) is 5.82 Å². The molecule has 2 nitrogen and oxygen atoms in total. The molecule has 0 saturated heterocycles. The van der Waals surface area contributed by atoms with Crippen LogP contribution in [0.1, 0.15) is 47.1 Å². The van der Waals surface area contributed by atoms with Crippen LogP contribution in [0, 0.1) is 18.2 Å². The highest BCUT2D eigenvalue weighted by molar-refractivity contribution is 7.99. The number of thioether (sulfide) groups is 1. The van der Waals surface area contributed by atoms with Crippen molar-refractivity contribution in [2.45, 2.75) is 37.3 Å². The van der Waals surface area contributed by atoms with E-state index >= 15 is 0 Å². The molecule has 4 aromatic rings. The molecule has 1 unspecified atom stereocenters. The van der Waals surface area contributed by atoms with Crippen LogP contribution in [0.4, 0.5) is 4.39 Å². The highest BCUT2D eigenvalue weighted by atomic mass is 32.2. The number of hydrogen-bond donors (Lipinski definition) is 0. The first kappa shape index (κ1) is 21.7. The van der Waals surface area contributed by atoms with Gasteiger partial charge in [-0.05, 0) is 72.5 Å². The maximum Gasteiger partial charge on any atom is 0.165 e. The number of Topliss-reactive ketones (excluding diaryl/α,β-unsaturated/α-hetero) is 1. The standard InChI is InChI=1S/C29H26FNOS/c1-19-9-15-23(16-10-19)33-28-27-24(26(32)18-29(28,2)3)17-25(20-11-13-21(30)14-12-20)31(27)22-7-5-4-6-8-22/h4-17,28H,18H2,1-3H3.